The Kier molecular flexibility index (Phi) is 5.45. The van der Waals surface area contributed by atoms with Crippen LogP contribution in [-0.4, -0.2) is 46.5 Å². The number of aliphatic hydroxyl groups is 1. The number of benzene rings is 1. The molecule has 0 spiro atoms. The molecule has 0 aliphatic heterocycles. The van der Waals surface area contributed by atoms with E-state index >= 15 is 0 Å². The van der Waals surface area contributed by atoms with Crippen molar-refractivity contribution in [3.63, 3.8) is 0 Å². The number of esters is 1. The van der Waals surface area contributed by atoms with Crippen molar-refractivity contribution in [3.05, 3.63) is 59.6 Å². The van der Waals surface area contributed by atoms with Crippen molar-refractivity contribution in [3.8, 4) is 16.3 Å². The van der Waals surface area contributed by atoms with E-state index in [-0.39, 0.29) is 5.69 Å². The molecule has 3 aromatic rings. The molecule has 3 rings (SSSR count). The monoisotopic (exact) mass is 371 g/mol. The van der Waals surface area contributed by atoms with Crippen LogP contribution >= 0.6 is 11.3 Å². The van der Waals surface area contributed by atoms with E-state index in [1.807, 2.05) is 47.8 Å². The molecule has 0 saturated carbocycles. The highest BCUT2D eigenvalue weighted by Gasteiger charge is 2.24. The average molecular weight is 371 g/mol. The highest BCUT2D eigenvalue weighted by atomic mass is 32.1. The van der Waals surface area contributed by atoms with Crippen LogP contribution in [0.3, 0.4) is 0 Å². The topological polar surface area (TPSA) is 93.4 Å². The predicted molar refractivity (Wildman–Crippen MR) is 97.2 cm³/mol. The lowest BCUT2D eigenvalue weighted by Crippen LogP contribution is -2.44. The third-order valence-corrected chi connectivity index (χ3v) is 4.58. The van der Waals surface area contributed by atoms with Crippen molar-refractivity contribution < 1.29 is 19.4 Å². The quantitative estimate of drug-likeness (QED) is 0.645. The Bertz CT molecular complexity index is 891. The van der Waals surface area contributed by atoms with Gasteiger partial charge in [0.1, 0.15) is 11.4 Å². The lowest BCUT2D eigenvalue weighted by molar-refractivity contribution is -0.143. The summed E-state index contributed by atoms with van der Waals surface area (Å²) in [5.41, 5.74) is 1.61. The van der Waals surface area contributed by atoms with Crippen molar-refractivity contribution in [1.29, 1.82) is 0 Å². The molecular weight excluding hydrogens is 354 g/mol. The van der Waals surface area contributed by atoms with E-state index < -0.39 is 24.5 Å². The van der Waals surface area contributed by atoms with Gasteiger partial charge in [-0.2, -0.15) is 5.10 Å². The minimum Gasteiger partial charge on any atom is -0.467 e. The molecule has 8 heteroatoms. The maximum absolute atomic E-state index is 12.7. The summed E-state index contributed by atoms with van der Waals surface area (Å²) in [7, 11) is 1.19. The number of aromatic nitrogens is 2. The molecule has 1 atom stereocenters. The first-order valence-corrected chi connectivity index (χ1v) is 8.71. The van der Waals surface area contributed by atoms with Gasteiger partial charge in [0.05, 0.1) is 24.3 Å². The van der Waals surface area contributed by atoms with Crippen LogP contribution in [0.15, 0.2) is 53.9 Å². The number of rotatable bonds is 6. The lowest BCUT2D eigenvalue weighted by atomic mass is 10.2. The van der Waals surface area contributed by atoms with Crippen LogP contribution in [0.2, 0.25) is 0 Å². The zero-order valence-electron chi connectivity index (χ0n) is 14.0. The van der Waals surface area contributed by atoms with Crippen LogP contribution in [0.4, 0.5) is 0 Å². The number of methoxy groups -OCH3 is 1. The minimum atomic E-state index is -1.14. The summed E-state index contributed by atoms with van der Waals surface area (Å²) in [6.07, 6.45) is 0. The predicted octanol–water partition coefficient (Wildman–Crippen LogP) is 1.86. The molecule has 7 nitrogen and oxygen atoms in total. The van der Waals surface area contributed by atoms with E-state index in [0.29, 0.717) is 11.4 Å². The van der Waals surface area contributed by atoms with E-state index in [0.717, 1.165) is 4.88 Å². The SMILES string of the molecule is COC(=O)C(CO)NC(=O)c1cc(-c2cccs2)nn1-c1ccccc1. The molecule has 1 amide bonds. The Labute approximate surface area is 153 Å². The number of ether oxygens (including phenoxy) is 1. The fourth-order valence-electron chi connectivity index (χ4n) is 2.41. The van der Waals surface area contributed by atoms with Gasteiger partial charge >= 0.3 is 5.97 Å². The van der Waals surface area contributed by atoms with Crippen molar-refractivity contribution in [1.82, 2.24) is 15.1 Å². The maximum Gasteiger partial charge on any atom is 0.330 e. The second-order valence-corrected chi connectivity index (χ2v) is 6.32. The second-order valence-electron chi connectivity index (χ2n) is 5.37. The molecule has 0 aliphatic rings. The van der Waals surface area contributed by atoms with Crippen molar-refractivity contribution in [2.24, 2.45) is 0 Å². The number of nitrogens with one attached hydrogen (secondary N) is 1. The van der Waals surface area contributed by atoms with Gasteiger partial charge in [-0.15, -0.1) is 11.3 Å². The Morgan fingerprint density at radius 1 is 1.27 bits per heavy atom. The van der Waals surface area contributed by atoms with Crippen molar-refractivity contribution in [2.75, 3.05) is 13.7 Å². The smallest absolute Gasteiger partial charge is 0.330 e. The van der Waals surface area contributed by atoms with Gasteiger partial charge in [0, 0.05) is 0 Å². The van der Waals surface area contributed by atoms with Gasteiger partial charge in [0.2, 0.25) is 0 Å². The number of carbonyl (C=O) groups is 2. The molecular formula is C18H17N3O4S. The molecule has 2 aromatic heterocycles. The van der Waals surface area contributed by atoms with Gasteiger partial charge in [0.15, 0.2) is 6.04 Å². The van der Waals surface area contributed by atoms with Crippen LogP contribution in [0.5, 0.6) is 0 Å². The number of nitrogens with zero attached hydrogens (tertiary/aromatic N) is 2. The van der Waals surface area contributed by atoms with Crippen LogP contribution < -0.4 is 5.32 Å². The lowest BCUT2D eigenvalue weighted by Gasteiger charge is -2.14. The van der Waals surface area contributed by atoms with Crippen LogP contribution in [0, 0.1) is 0 Å². The number of carbonyl (C=O) groups excluding carboxylic acids is 2. The molecule has 2 N–H and O–H groups in total. The fourth-order valence-corrected chi connectivity index (χ4v) is 3.09. The van der Waals surface area contributed by atoms with Gasteiger partial charge in [-0.25, -0.2) is 9.48 Å². The molecule has 1 aromatic carbocycles. The number of aliphatic hydroxyl groups excluding tert-OH is 1. The molecule has 0 aliphatic carbocycles. The molecule has 0 bridgehead atoms. The van der Waals surface area contributed by atoms with Gasteiger partial charge in [0.25, 0.3) is 5.91 Å². The van der Waals surface area contributed by atoms with E-state index in [4.69, 9.17) is 0 Å². The largest absolute Gasteiger partial charge is 0.467 e. The minimum absolute atomic E-state index is 0.252. The van der Waals surface area contributed by atoms with Crippen molar-refractivity contribution >= 4 is 23.2 Å². The van der Waals surface area contributed by atoms with E-state index in [9.17, 15) is 14.7 Å². The first kappa shape index (κ1) is 17.8. The van der Waals surface area contributed by atoms with Gasteiger partial charge < -0.3 is 15.2 Å². The molecule has 2 heterocycles. The zero-order chi connectivity index (χ0) is 18.5. The summed E-state index contributed by atoms with van der Waals surface area (Å²) in [6, 6.07) is 13.5. The molecule has 1 unspecified atom stereocenters. The number of para-hydroxylation sites is 1. The normalized spacial score (nSPS) is 11.8. The Balaban J connectivity index is 1.99. The highest BCUT2D eigenvalue weighted by molar-refractivity contribution is 7.13. The number of hydrogen-bond donors (Lipinski definition) is 2. The second kappa shape index (κ2) is 7.94. The standard InChI is InChI=1S/C18H17N3O4S/c1-25-18(24)14(11-22)19-17(23)15-10-13(16-8-5-9-26-16)20-21(15)12-6-3-2-4-7-12/h2-10,14,22H,11H2,1H3,(H,19,23). The molecule has 134 valence electrons. The van der Waals surface area contributed by atoms with Crippen LogP contribution in [0.1, 0.15) is 10.5 Å². The molecule has 0 saturated heterocycles. The summed E-state index contributed by atoms with van der Waals surface area (Å²) in [5.74, 6) is -1.25. The summed E-state index contributed by atoms with van der Waals surface area (Å²) >= 11 is 1.51. The van der Waals surface area contributed by atoms with Crippen molar-refractivity contribution in [2.45, 2.75) is 6.04 Å². The summed E-state index contributed by atoms with van der Waals surface area (Å²) in [5, 5.41) is 18.3. The zero-order valence-corrected chi connectivity index (χ0v) is 14.8. The highest BCUT2D eigenvalue weighted by Crippen LogP contribution is 2.25. The third-order valence-electron chi connectivity index (χ3n) is 3.69. The fraction of sp³-hybridized carbons (Fsp3) is 0.167. The number of thiophene rings is 1. The Hall–Kier alpha value is -2.97. The first-order valence-electron chi connectivity index (χ1n) is 7.83. The van der Waals surface area contributed by atoms with E-state index in [2.05, 4.69) is 15.2 Å². The number of hydrogen-bond acceptors (Lipinski definition) is 6. The van der Waals surface area contributed by atoms with Gasteiger partial charge in [-0.3, -0.25) is 4.79 Å². The molecule has 26 heavy (non-hydrogen) atoms. The Morgan fingerprint density at radius 2 is 2.04 bits per heavy atom. The third kappa shape index (κ3) is 3.66. The molecule has 0 fully saturated rings. The van der Waals surface area contributed by atoms with Gasteiger partial charge in [-0.1, -0.05) is 24.3 Å². The summed E-state index contributed by atoms with van der Waals surface area (Å²) in [4.78, 5) is 25.3. The maximum atomic E-state index is 12.7. The van der Waals surface area contributed by atoms with Gasteiger partial charge in [-0.05, 0) is 29.6 Å². The summed E-state index contributed by atoms with van der Waals surface area (Å²) in [6.45, 7) is -0.560. The number of amides is 1. The van der Waals surface area contributed by atoms with E-state index in [1.165, 1.54) is 23.1 Å². The molecule has 0 radical (unpaired) electrons. The van der Waals surface area contributed by atoms with E-state index in [1.54, 1.807) is 6.07 Å². The average Bonchev–Trinajstić information content (AvgIpc) is 3.35. The first-order chi connectivity index (χ1) is 12.6. The Morgan fingerprint density at radius 3 is 2.65 bits per heavy atom. The van der Waals surface area contributed by atoms with Crippen LogP contribution in [0.25, 0.3) is 16.3 Å². The van der Waals surface area contributed by atoms with Crippen LogP contribution in [-0.2, 0) is 9.53 Å². The summed E-state index contributed by atoms with van der Waals surface area (Å²) < 4.78 is 6.09.